The number of piperidine rings is 1. The van der Waals surface area contributed by atoms with E-state index in [4.69, 9.17) is 5.26 Å². The molecule has 2 N–H and O–H groups in total. The van der Waals surface area contributed by atoms with Gasteiger partial charge in [0.1, 0.15) is 5.82 Å². The predicted octanol–water partition coefficient (Wildman–Crippen LogP) is 2.63. The number of hydrogen-bond acceptors (Lipinski definition) is 3. The summed E-state index contributed by atoms with van der Waals surface area (Å²) in [7, 11) is 0. The van der Waals surface area contributed by atoms with Gasteiger partial charge in [0.05, 0.1) is 18.2 Å². The molecule has 25 heavy (non-hydrogen) atoms. The Hall–Kier alpha value is -2.13. The number of nitriles is 1. The van der Waals surface area contributed by atoms with Crippen LogP contribution in [0, 0.1) is 17.1 Å². The molecule has 1 fully saturated rings. The summed E-state index contributed by atoms with van der Waals surface area (Å²) in [6, 6.07) is 6.80. The first-order valence-electron chi connectivity index (χ1n) is 9.12. The third-order valence-electron chi connectivity index (χ3n) is 4.39. The quantitative estimate of drug-likeness (QED) is 0.614. The van der Waals surface area contributed by atoms with E-state index in [1.54, 1.807) is 6.07 Å². The van der Waals surface area contributed by atoms with Gasteiger partial charge in [-0.2, -0.15) is 5.26 Å². The van der Waals surface area contributed by atoms with Crippen LogP contribution < -0.4 is 10.6 Å². The van der Waals surface area contributed by atoms with Crippen molar-refractivity contribution in [3.8, 4) is 6.07 Å². The Morgan fingerprint density at radius 2 is 2.12 bits per heavy atom. The van der Waals surface area contributed by atoms with Gasteiger partial charge in [0.25, 0.3) is 0 Å². The van der Waals surface area contributed by atoms with E-state index in [2.05, 4.69) is 27.4 Å². The summed E-state index contributed by atoms with van der Waals surface area (Å²) in [4.78, 5) is 6.99. The van der Waals surface area contributed by atoms with Gasteiger partial charge in [0.15, 0.2) is 5.96 Å². The van der Waals surface area contributed by atoms with Crippen molar-refractivity contribution in [2.75, 3.05) is 26.2 Å². The Bertz CT molecular complexity index is 615. The van der Waals surface area contributed by atoms with Crippen LogP contribution in [0.1, 0.15) is 44.2 Å². The van der Waals surface area contributed by atoms with E-state index in [0.717, 1.165) is 39.0 Å². The number of likely N-dealkylation sites (tertiary alicyclic amines) is 1. The van der Waals surface area contributed by atoms with Crippen molar-refractivity contribution in [2.45, 2.75) is 45.7 Å². The van der Waals surface area contributed by atoms with E-state index in [1.165, 1.54) is 18.6 Å². The van der Waals surface area contributed by atoms with Gasteiger partial charge in [-0.3, -0.25) is 0 Å². The maximum atomic E-state index is 13.9. The molecule has 1 aliphatic rings. The summed E-state index contributed by atoms with van der Waals surface area (Å²) in [6.45, 7) is 8.55. The van der Waals surface area contributed by atoms with E-state index in [1.807, 2.05) is 13.0 Å². The highest BCUT2D eigenvalue weighted by Gasteiger charge is 2.19. The molecule has 1 saturated heterocycles. The molecule has 0 spiro atoms. The Kier molecular flexibility index (Phi) is 7.68. The molecule has 6 heteroatoms. The third kappa shape index (κ3) is 6.02. The number of benzene rings is 1. The number of halogens is 1. The van der Waals surface area contributed by atoms with Gasteiger partial charge in [0, 0.05) is 31.2 Å². The summed E-state index contributed by atoms with van der Waals surface area (Å²) in [5.74, 6) is 0.379. The maximum Gasteiger partial charge on any atom is 0.191 e. The monoisotopic (exact) mass is 345 g/mol. The number of nitrogens with zero attached hydrogens (tertiary/aromatic N) is 3. The molecule has 0 saturated carbocycles. The second-order valence-corrected chi connectivity index (χ2v) is 6.37. The molecule has 5 nitrogen and oxygen atoms in total. The van der Waals surface area contributed by atoms with Crippen molar-refractivity contribution in [1.29, 1.82) is 5.26 Å². The number of aliphatic imine (C=N–C) groups is 1. The second-order valence-electron chi connectivity index (χ2n) is 6.37. The van der Waals surface area contributed by atoms with Crippen LogP contribution in [-0.2, 0) is 6.54 Å². The molecule has 0 aliphatic carbocycles. The van der Waals surface area contributed by atoms with E-state index >= 15 is 0 Å². The molecule has 1 aromatic carbocycles. The first-order valence-corrected chi connectivity index (χ1v) is 9.12. The van der Waals surface area contributed by atoms with Gasteiger partial charge in [-0.15, -0.1) is 0 Å². The van der Waals surface area contributed by atoms with Crippen molar-refractivity contribution in [3.05, 3.63) is 35.1 Å². The van der Waals surface area contributed by atoms with Crippen molar-refractivity contribution in [3.63, 3.8) is 0 Å². The lowest BCUT2D eigenvalue weighted by molar-refractivity contribution is 0.206. The van der Waals surface area contributed by atoms with Crippen LogP contribution >= 0.6 is 0 Å². The lowest BCUT2D eigenvalue weighted by Gasteiger charge is -2.32. The molecular formula is C19H28FN5. The van der Waals surface area contributed by atoms with Gasteiger partial charge in [-0.1, -0.05) is 6.92 Å². The fourth-order valence-electron chi connectivity index (χ4n) is 3.06. The molecule has 0 atom stereocenters. The van der Waals surface area contributed by atoms with E-state index < -0.39 is 0 Å². The van der Waals surface area contributed by atoms with Crippen LogP contribution in [-0.4, -0.2) is 43.1 Å². The number of nitrogens with one attached hydrogen (secondary N) is 2. The zero-order chi connectivity index (χ0) is 18.1. The topological polar surface area (TPSA) is 63.5 Å². The fraction of sp³-hybridized carbons (Fsp3) is 0.579. The van der Waals surface area contributed by atoms with Gasteiger partial charge in [-0.05, 0) is 50.9 Å². The van der Waals surface area contributed by atoms with Crippen molar-refractivity contribution < 1.29 is 4.39 Å². The molecule has 1 heterocycles. The van der Waals surface area contributed by atoms with Gasteiger partial charge in [-0.25, -0.2) is 9.38 Å². The molecule has 0 bridgehead atoms. The average molecular weight is 345 g/mol. The normalized spacial score (nSPS) is 16.5. The zero-order valence-corrected chi connectivity index (χ0v) is 15.2. The second kappa shape index (κ2) is 10.00. The Morgan fingerprint density at radius 1 is 1.36 bits per heavy atom. The standard InChI is InChI=1S/C19H28FN5/c1-3-9-25-10-7-17(8-11-25)24-19(22-4-2)23-14-16-12-15(13-21)5-6-18(16)20/h5-6,12,17H,3-4,7-11,14H2,1-2H3,(H2,22,23,24). The summed E-state index contributed by atoms with van der Waals surface area (Å²) in [5.41, 5.74) is 0.891. The minimum Gasteiger partial charge on any atom is -0.357 e. The van der Waals surface area contributed by atoms with Gasteiger partial charge < -0.3 is 15.5 Å². The first-order chi connectivity index (χ1) is 12.2. The summed E-state index contributed by atoms with van der Waals surface area (Å²) in [6.07, 6.45) is 3.36. The SMILES string of the molecule is CCCN1CCC(NC(=NCc2cc(C#N)ccc2F)NCC)CC1. The highest BCUT2D eigenvalue weighted by Crippen LogP contribution is 2.12. The van der Waals surface area contributed by atoms with Crippen LogP contribution in [0.15, 0.2) is 23.2 Å². The Morgan fingerprint density at radius 3 is 2.76 bits per heavy atom. The van der Waals surface area contributed by atoms with Gasteiger partial charge >= 0.3 is 0 Å². The Labute approximate surface area is 149 Å². The minimum absolute atomic E-state index is 0.214. The molecule has 1 aliphatic heterocycles. The summed E-state index contributed by atoms with van der Waals surface area (Å²) >= 11 is 0. The van der Waals surface area contributed by atoms with Gasteiger partial charge in [0.2, 0.25) is 0 Å². The molecule has 136 valence electrons. The van der Waals surface area contributed by atoms with Crippen LogP contribution in [0.2, 0.25) is 0 Å². The zero-order valence-electron chi connectivity index (χ0n) is 15.2. The molecule has 0 unspecified atom stereocenters. The third-order valence-corrected chi connectivity index (χ3v) is 4.39. The molecule has 0 radical (unpaired) electrons. The smallest absolute Gasteiger partial charge is 0.191 e. The molecule has 2 rings (SSSR count). The molecule has 0 aromatic heterocycles. The lowest BCUT2D eigenvalue weighted by Crippen LogP contribution is -2.48. The van der Waals surface area contributed by atoms with Crippen LogP contribution in [0.25, 0.3) is 0 Å². The summed E-state index contributed by atoms with van der Waals surface area (Å²) < 4.78 is 13.9. The molecular weight excluding hydrogens is 317 g/mol. The van der Waals surface area contributed by atoms with E-state index in [9.17, 15) is 4.39 Å². The first kappa shape index (κ1) is 19.2. The molecule has 1 aromatic rings. The van der Waals surface area contributed by atoms with E-state index in [0.29, 0.717) is 23.1 Å². The highest BCUT2D eigenvalue weighted by molar-refractivity contribution is 5.80. The Balaban J connectivity index is 1.96. The largest absolute Gasteiger partial charge is 0.357 e. The fourth-order valence-corrected chi connectivity index (χ4v) is 3.06. The van der Waals surface area contributed by atoms with Crippen LogP contribution in [0.5, 0.6) is 0 Å². The lowest BCUT2D eigenvalue weighted by atomic mass is 10.1. The average Bonchev–Trinajstić information content (AvgIpc) is 2.63. The summed E-state index contributed by atoms with van der Waals surface area (Å²) in [5, 5.41) is 15.6. The van der Waals surface area contributed by atoms with Crippen LogP contribution in [0.4, 0.5) is 4.39 Å². The highest BCUT2D eigenvalue weighted by atomic mass is 19.1. The number of rotatable bonds is 6. The van der Waals surface area contributed by atoms with Crippen molar-refractivity contribution >= 4 is 5.96 Å². The number of guanidine groups is 1. The van der Waals surface area contributed by atoms with E-state index in [-0.39, 0.29) is 12.4 Å². The number of hydrogen-bond donors (Lipinski definition) is 2. The predicted molar refractivity (Wildman–Crippen MR) is 98.8 cm³/mol. The maximum absolute atomic E-state index is 13.9. The molecule has 0 amide bonds. The minimum atomic E-state index is -0.327. The van der Waals surface area contributed by atoms with Crippen molar-refractivity contribution in [1.82, 2.24) is 15.5 Å². The van der Waals surface area contributed by atoms with Crippen LogP contribution in [0.3, 0.4) is 0 Å². The van der Waals surface area contributed by atoms with Crippen molar-refractivity contribution in [2.24, 2.45) is 4.99 Å².